The van der Waals surface area contributed by atoms with Gasteiger partial charge < -0.3 is 20.5 Å². The van der Waals surface area contributed by atoms with Crippen LogP contribution in [0.25, 0.3) is 0 Å². The zero-order valence-corrected chi connectivity index (χ0v) is 21.3. The van der Waals surface area contributed by atoms with Crippen LogP contribution in [-0.4, -0.2) is 43.0 Å². The molecule has 0 aromatic carbocycles. The van der Waals surface area contributed by atoms with Gasteiger partial charge >= 0.3 is 12.2 Å². The van der Waals surface area contributed by atoms with Gasteiger partial charge in [0.05, 0.1) is 12.0 Å². The molecule has 0 bridgehead atoms. The maximum atomic E-state index is 13.5. The number of ketones is 2. The Labute approximate surface area is 208 Å². The van der Waals surface area contributed by atoms with E-state index in [2.05, 4.69) is 12.2 Å². The Kier molecular flexibility index (Phi) is 7.77. The summed E-state index contributed by atoms with van der Waals surface area (Å²) in [5.41, 5.74) is 4.63. The maximum absolute atomic E-state index is 13.5. The molecule has 7 atom stereocenters. The van der Waals surface area contributed by atoms with E-state index in [1.807, 2.05) is 6.92 Å². The number of fused-ring (bicyclic) bond motifs is 5. The summed E-state index contributed by atoms with van der Waals surface area (Å²) in [7, 11) is 0. The molecule has 4 aliphatic rings. The number of nitrogens with two attached hydrogens (primary N) is 1. The Balaban J connectivity index is 1.54. The molecular formula is C27H42N2O6. The SMILES string of the molecule is CCCCOC(=O)NCCC(OC(N)=O)[C@]12CC[C@H]3[C@@H](CC(=O)C4CCCC[C@@]43C)[C@@H]1CCC2=O. The van der Waals surface area contributed by atoms with Gasteiger partial charge in [0.15, 0.2) is 0 Å². The summed E-state index contributed by atoms with van der Waals surface area (Å²) >= 11 is 0. The van der Waals surface area contributed by atoms with E-state index in [0.717, 1.165) is 51.4 Å². The predicted octanol–water partition coefficient (Wildman–Crippen LogP) is 4.53. The van der Waals surface area contributed by atoms with Crippen molar-refractivity contribution in [1.82, 2.24) is 5.32 Å². The zero-order chi connectivity index (χ0) is 25.2. The van der Waals surface area contributed by atoms with E-state index in [1.165, 1.54) is 0 Å². The van der Waals surface area contributed by atoms with Crippen molar-refractivity contribution in [2.24, 2.45) is 40.2 Å². The molecule has 0 aliphatic heterocycles. The molecule has 2 unspecified atom stereocenters. The van der Waals surface area contributed by atoms with Crippen molar-refractivity contribution in [3.05, 3.63) is 0 Å². The van der Waals surface area contributed by atoms with E-state index in [1.54, 1.807) is 0 Å². The molecule has 3 N–H and O–H groups in total. The lowest BCUT2D eigenvalue weighted by Gasteiger charge is -2.59. The first-order valence-corrected chi connectivity index (χ1v) is 13.7. The van der Waals surface area contributed by atoms with Crippen LogP contribution in [-0.2, 0) is 19.1 Å². The van der Waals surface area contributed by atoms with E-state index in [0.29, 0.717) is 44.0 Å². The standard InChI is InChI=1S/C27H42N2O6/c1-3-4-15-34-25(33)29-14-11-23(35-24(28)32)27-13-10-18-17(19(27)8-9-22(27)31)16-21(30)20-7-5-6-12-26(18,20)2/h17-20,23H,3-16H2,1-2H3,(H2,28,32)(H,29,33)/t17-,18+,19+,20?,23?,26-,27-/m1/s1. The van der Waals surface area contributed by atoms with Gasteiger partial charge in [-0.05, 0) is 61.7 Å². The van der Waals surface area contributed by atoms with Crippen LogP contribution in [0.1, 0.15) is 90.9 Å². The number of nitrogens with one attached hydrogen (secondary N) is 1. The number of primary amides is 1. The number of unbranched alkanes of at least 4 members (excludes halogenated alkanes) is 1. The summed E-state index contributed by atoms with van der Waals surface area (Å²) in [4.78, 5) is 50.8. The molecule has 2 amide bonds. The molecule has 4 aliphatic carbocycles. The van der Waals surface area contributed by atoms with Gasteiger partial charge in [0.1, 0.15) is 17.7 Å². The zero-order valence-electron chi connectivity index (χ0n) is 21.3. The van der Waals surface area contributed by atoms with Crippen molar-refractivity contribution in [2.45, 2.75) is 97.0 Å². The molecule has 0 saturated heterocycles. The van der Waals surface area contributed by atoms with Crippen molar-refractivity contribution < 1.29 is 28.7 Å². The molecule has 0 heterocycles. The highest BCUT2D eigenvalue weighted by Crippen LogP contribution is 2.66. The summed E-state index contributed by atoms with van der Waals surface area (Å²) in [5, 5.41) is 2.72. The molecule has 0 radical (unpaired) electrons. The molecule has 35 heavy (non-hydrogen) atoms. The van der Waals surface area contributed by atoms with Crippen molar-refractivity contribution in [3.8, 4) is 0 Å². The molecular weight excluding hydrogens is 448 g/mol. The van der Waals surface area contributed by atoms with Crippen LogP contribution in [0.15, 0.2) is 0 Å². The van der Waals surface area contributed by atoms with Crippen LogP contribution in [0.2, 0.25) is 0 Å². The van der Waals surface area contributed by atoms with Crippen LogP contribution >= 0.6 is 0 Å². The first-order chi connectivity index (χ1) is 16.7. The number of carbonyl (C=O) groups excluding carboxylic acids is 4. The highest BCUT2D eigenvalue weighted by atomic mass is 16.6. The summed E-state index contributed by atoms with van der Waals surface area (Å²) in [6.45, 7) is 4.90. The van der Waals surface area contributed by atoms with Gasteiger partial charge in [-0.2, -0.15) is 0 Å². The highest BCUT2D eigenvalue weighted by Gasteiger charge is 2.65. The van der Waals surface area contributed by atoms with E-state index >= 15 is 0 Å². The minimum Gasteiger partial charge on any atom is -0.450 e. The van der Waals surface area contributed by atoms with Crippen LogP contribution in [0.5, 0.6) is 0 Å². The first-order valence-electron chi connectivity index (χ1n) is 13.7. The quantitative estimate of drug-likeness (QED) is 0.482. The minimum atomic E-state index is -0.908. The van der Waals surface area contributed by atoms with Gasteiger partial charge in [0, 0.05) is 31.7 Å². The Bertz CT molecular complexity index is 846. The van der Waals surface area contributed by atoms with Crippen LogP contribution < -0.4 is 11.1 Å². The Morgan fingerprint density at radius 1 is 1.14 bits per heavy atom. The third-order valence-electron chi connectivity index (χ3n) is 9.93. The number of alkyl carbamates (subject to hydrolysis) is 1. The number of hydrogen-bond acceptors (Lipinski definition) is 6. The third kappa shape index (κ3) is 4.69. The van der Waals surface area contributed by atoms with Gasteiger partial charge in [-0.25, -0.2) is 9.59 Å². The predicted molar refractivity (Wildman–Crippen MR) is 129 cm³/mol. The largest absolute Gasteiger partial charge is 0.450 e. The average molecular weight is 491 g/mol. The summed E-state index contributed by atoms with van der Waals surface area (Å²) < 4.78 is 10.8. The second-order valence-electron chi connectivity index (χ2n) is 11.5. The summed E-state index contributed by atoms with van der Waals surface area (Å²) in [5.74, 6) is 1.15. The summed E-state index contributed by atoms with van der Waals surface area (Å²) in [6.07, 6.45) is 7.40. The normalized spacial score (nSPS) is 37.0. The van der Waals surface area contributed by atoms with Crippen LogP contribution in [0.4, 0.5) is 9.59 Å². The molecule has 4 fully saturated rings. The molecule has 8 heteroatoms. The molecule has 0 spiro atoms. The fourth-order valence-electron chi connectivity index (χ4n) is 8.41. The van der Waals surface area contributed by atoms with Gasteiger partial charge in [0.2, 0.25) is 0 Å². The van der Waals surface area contributed by atoms with Gasteiger partial charge in [-0.3, -0.25) is 9.59 Å². The second-order valence-corrected chi connectivity index (χ2v) is 11.5. The van der Waals surface area contributed by atoms with Crippen LogP contribution in [0, 0.1) is 34.5 Å². The number of amides is 2. The van der Waals surface area contributed by atoms with Crippen molar-refractivity contribution in [2.75, 3.05) is 13.2 Å². The lowest BCUT2D eigenvalue weighted by Crippen LogP contribution is -2.59. The number of Topliss-reactive ketones (excluding diaryl/α,β-unsaturated/α-hetero) is 2. The number of rotatable bonds is 8. The monoisotopic (exact) mass is 490 g/mol. The van der Waals surface area contributed by atoms with Crippen LogP contribution in [0.3, 0.4) is 0 Å². The number of hydrogen-bond donors (Lipinski definition) is 2. The molecule has 8 nitrogen and oxygen atoms in total. The van der Waals surface area contributed by atoms with Crippen molar-refractivity contribution in [1.29, 1.82) is 0 Å². The van der Waals surface area contributed by atoms with Gasteiger partial charge in [0.25, 0.3) is 0 Å². The first kappa shape index (κ1) is 26.0. The Hall–Kier alpha value is -2.12. The third-order valence-corrected chi connectivity index (χ3v) is 9.93. The second kappa shape index (κ2) is 10.5. The summed E-state index contributed by atoms with van der Waals surface area (Å²) in [6, 6.07) is 0. The Morgan fingerprint density at radius 3 is 2.69 bits per heavy atom. The molecule has 196 valence electrons. The van der Waals surface area contributed by atoms with E-state index < -0.39 is 23.7 Å². The minimum absolute atomic E-state index is 0.000108. The topological polar surface area (TPSA) is 125 Å². The number of ether oxygens (including phenoxy) is 2. The fraction of sp³-hybridized carbons (Fsp3) is 0.852. The molecule has 0 aromatic rings. The maximum Gasteiger partial charge on any atom is 0.407 e. The van der Waals surface area contributed by atoms with Crippen molar-refractivity contribution in [3.63, 3.8) is 0 Å². The van der Waals surface area contributed by atoms with E-state index in [4.69, 9.17) is 15.2 Å². The molecule has 4 saturated carbocycles. The van der Waals surface area contributed by atoms with Crippen molar-refractivity contribution >= 4 is 23.8 Å². The smallest absolute Gasteiger partial charge is 0.407 e. The van der Waals surface area contributed by atoms with Gasteiger partial charge in [-0.15, -0.1) is 0 Å². The molecule has 0 aromatic heterocycles. The van der Waals surface area contributed by atoms with E-state index in [9.17, 15) is 19.2 Å². The lowest BCUT2D eigenvalue weighted by molar-refractivity contribution is -0.167. The number of carbonyl (C=O) groups is 4. The Morgan fingerprint density at radius 2 is 1.94 bits per heavy atom. The fourth-order valence-corrected chi connectivity index (χ4v) is 8.41. The lowest BCUT2D eigenvalue weighted by atomic mass is 9.44. The molecule has 4 rings (SSSR count). The highest BCUT2D eigenvalue weighted by molar-refractivity contribution is 5.89. The average Bonchev–Trinajstić information content (AvgIpc) is 3.16. The van der Waals surface area contributed by atoms with Gasteiger partial charge in [-0.1, -0.05) is 33.1 Å². The van der Waals surface area contributed by atoms with E-state index in [-0.39, 0.29) is 35.5 Å².